The first-order valence-electron chi connectivity index (χ1n) is 4.96. The first-order chi connectivity index (χ1) is 7.65. The van der Waals surface area contributed by atoms with E-state index in [4.69, 9.17) is 14.7 Å². The molecular weight excluding hydrogens is 209 g/mol. The number of benzene rings is 1. The van der Waals surface area contributed by atoms with Crippen LogP contribution in [0.2, 0.25) is 0 Å². The van der Waals surface area contributed by atoms with Gasteiger partial charge in [0.15, 0.2) is 0 Å². The fraction of sp³-hybridized carbons (Fsp3) is 0.417. The van der Waals surface area contributed by atoms with Crippen molar-refractivity contribution in [3.63, 3.8) is 0 Å². The Bertz CT molecular complexity index is 387. The third-order valence-corrected chi connectivity index (χ3v) is 2.02. The van der Waals surface area contributed by atoms with E-state index in [1.54, 1.807) is 13.2 Å². The van der Waals surface area contributed by atoms with Crippen LogP contribution >= 0.6 is 0 Å². The third kappa shape index (κ3) is 3.97. The topological polar surface area (TPSA) is 42.2 Å². The van der Waals surface area contributed by atoms with Gasteiger partial charge >= 0.3 is 0 Å². The number of methoxy groups -OCH3 is 1. The minimum Gasteiger partial charge on any atom is -0.382 e. The predicted molar refractivity (Wildman–Crippen MR) is 57.2 cm³/mol. The monoisotopic (exact) mass is 223 g/mol. The first-order valence-corrected chi connectivity index (χ1v) is 4.96. The lowest BCUT2D eigenvalue weighted by Gasteiger charge is -2.11. The highest BCUT2D eigenvalue weighted by Gasteiger charge is 2.04. The van der Waals surface area contributed by atoms with Gasteiger partial charge in [0.2, 0.25) is 0 Å². The van der Waals surface area contributed by atoms with Crippen LogP contribution in [0.25, 0.3) is 0 Å². The maximum atomic E-state index is 13.1. The van der Waals surface area contributed by atoms with Gasteiger partial charge in [-0.1, -0.05) is 0 Å². The van der Waals surface area contributed by atoms with Crippen molar-refractivity contribution in [1.82, 2.24) is 0 Å². The molecule has 0 saturated carbocycles. The maximum absolute atomic E-state index is 13.1. The standard InChI is InChI=1S/C12H14FNO2/c1-9(7-15-2)16-8-11-3-10(6-14)4-12(13)5-11/h3-5,9H,7-8H2,1-2H3. The van der Waals surface area contributed by atoms with Gasteiger partial charge in [-0.3, -0.25) is 0 Å². The molecule has 0 aliphatic carbocycles. The summed E-state index contributed by atoms with van der Waals surface area (Å²) in [5, 5.41) is 8.67. The van der Waals surface area contributed by atoms with Crippen LogP contribution in [-0.2, 0) is 16.1 Å². The molecule has 16 heavy (non-hydrogen) atoms. The molecule has 3 nitrogen and oxygen atoms in total. The number of nitriles is 1. The van der Waals surface area contributed by atoms with Crippen molar-refractivity contribution in [2.24, 2.45) is 0 Å². The van der Waals surface area contributed by atoms with E-state index in [-0.39, 0.29) is 12.7 Å². The molecule has 1 atom stereocenters. The minimum absolute atomic E-state index is 0.0567. The van der Waals surface area contributed by atoms with E-state index >= 15 is 0 Å². The van der Waals surface area contributed by atoms with E-state index < -0.39 is 5.82 Å². The summed E-state index contributed by atoms with van der Waals surface area (Å²) in [5.74, 6) is -0.419. The lowest BCUT2D eigenvalue weighted by atomic mass is 10.1. The van der Waals surface area contributed by atoms with E-state index in [2.05, 4.69) is 0 Å². The zero-order valence-corrected chi connectivity index (χ0v) is 9.37. The smallest absolute Gasteiger partial charge is 0.124 e. The molecule has 0 bridgehead atoms. The summed E-state index contributed by atoms with van der Waals surface area (Å²) in [7, 11) is 1.59. The van der Waals surface area contributed by atoms with Gasteiger partial charge in [0.25, 0.3) is 0 Å². The summed E-state index contributed by atoms with van der Waals surface area (Å²) in [6.45, 7) is 2.63. The zero-order chi connectivity index (χ0) is 12.0. The van der Waals surface area contributed by atoms with Crippen molar-refractivity contribution in [3.05, 3.63) is 35.1 Å². The Morgan fingerprint density at radius 3 is 2.81 bits per heavy atom. The van der Waals surface area contributed by atoms with Gasteiger partial charge in [-0.15, -0.1) is 0 Å². The van der Waals surface area contributed by atoms with Gasteiger partial charge in [-0.25, -0.2) is 4.39 Å². The normalized spacial score (nSPS) is 12.1. The summed E-state index contributed by atoms with van der Waals surface area (Å²) in [5.41, 5.74) is 0.956. The van der Waals surface area contributed by atoms with Crippen molar-refractivity contribution in [2.45, 2.75) is 19.6 Å². The van der Waals surface area contributed by atoms with E-state index in [9.17, 15) is 4.39 Å². The molecule has 0 fully saturated rings. The van der Waals surface area contributed by atoms with Crippen LogP contribution in [0.4, 0.5) is 4.39 Å². The quantitative estimate of drug-likeness (QED) is 0.768. The molecule has 1 rings (SSSR count). The Kier molecular flexibility index (Phi) is 4.90. The highest BCUT2D eigenvalue weighted by Crippen LogP contribution is 2.10. The second kappa shape index (κ2) is 6.21. The Morgan fingerprint density at radius 1 is 1.44 bits per heavy atom. The molecule has 0 aromatic heterocycles. The minimum atomic E-state index is -0.419. The molecule has 86 valence electrons. The highest BCUT2D eigenvalue weighted by atomic mass is 19.1. The lowest BCUT2D eigenvalue weighted by Crippen LogP contribution is -2.14. The van der Waals surface area contributed by atoms with Crippen LogP contribution < -0.4 is 0 Å². The summed E-state index contributed by atoms with van der Waals surface area (Å²) in [6.07, 6.45) is -0.0567. The SMILES string of the molecule is COCC(C)OCc1cc(F)cc(C#N)c1. The van der Waals surface area contributed by atoms with Gasteiger partial charge in [0, 0.05) is 7.11 Å². The summed E-state index contributed by atoms with van der Waals surface area (Å²) >= 11 is 0. The average Bonchev–Trinajstić information content (AvgIpc) is 2.26. The van der Waals surface area contributed by atoms with Gasteiger partial charge in [0.05, 0.1) is 31.0 Å². The number of ether oxygens (including phenoxy) is 2. The summed E-state index contributed by atoms with van der Waals surface area (Å²) < 4.78 is 23.4. The van der Waals surface area contributed by atoms with Gasteiger partial charge < -0.3 is 9.47 Å². The number of nitrogens with zero attached hydrogens (tertiary/aromatic N) is 1. The molecular formula is C12H14FNO2. The van der Waals surface area contributed by atoms with Gasteiger partial charge in [-0.2, -0.15) is 5.26 Å². The van der Waals surface area contributed by atoms with Crippen molar-refractivity contribution in [3.8, 4) is 6.07 Å². The lowest BCUT2D eigenvalue weighted by molar-refractivity contribution is -0.000209. The number of rotatable bonds is 5. The van der Waals surface area contributed by atoms with Crippen LogP contribution in [0.15, 0.2) is 18.2 Å². The fourth-order valence-electron chi connectivity index (χ4n) is 1.32. The van der Waals surface area contributed by atoms with Crippen molar-refractivity contribution < 1.29 is 13.9 Å². The molecule has 4 heteroatoms. The van der Waals surface area contributed by atoms with Crippen LogP contribution in [0.5, 0.6) is 0 Å². The van der Waals surface area contributed by atoms with Gasteiger partial charge in [-0.05, 0) is 30.7 Å². The molecule has 0 spiro atoms. The molecule has 0 N–H and O–H groups in total. The third-order valence-electron chi connectivity index (χ3n) is 2.02. The molecule has 0 aliphatic rings. The molecule has 0 radical (unpaired) electrons. The summed E-state index contributed by atoms with van der Waals surface area (Å²) in [4.78, 5) is 0. The fourth-order valence-corrected chi connectivity index (χ4v) is 1.32. The predicted octanol–water partition coefficient (Wildman–Crippen LogP) is 2.25. The van der Waals surface area contributed by atoms with Crippen LogP contribution in [0, 0.1) is 17.1 Å². The molecule has 1 unspecified atom stereocenters. The molecule has 0 aliphatic heterocycles. The van der Waals surface area contributed by atoms with Crippen molar-refractivity contribution in [2.75, 3.05) is 13.7 Å². The first kappa shape index (κ1) is 12.6. The Morgan fingerprint density at radius 2 is 2.19 bits per heavy atom. The second-order valence-corrected chi connectivity index (χ2v) is 3.54. The number of halogens is 1. The zero-order valence-electron chi connectivity index (χ0n) is 9.37. The second-order valence-electron chi connectivity index (χ2n) is 3.54. The largest absolute Gasteiger partial charge is 0.382 e. The molecule has 1 aromatic carbocycles. The van der Waals surface area contributed by atoms with Crippen molar-refractivity contribution in [1.29, 1.82) is 5.26 Å². The van der Waals surface area contributed by atoms with Crippen LogP contribution in [0.3, 0.4) is 0 Å². The Hall–Kier alpha value is -1.44. The van der Waals surface area contributed by atoms with E-state index in [0.717, 1.165) is 0 Å². The van der Waals surface area contributed by atoms with Crippen molar-refractivity contribution >= 4 is 0 Å². The Balaban J connectivity index is 2.60. The van der Waals surface area contributed by atoms with Crippen LogP contribution in [0.1, 0.15) is 18.1 Å². The van der Waals surface area contributed by atoms with E-state index in [1.165, 1.54) is 12.1 Å². The Labute approximate surface area is 94.4 Å². The summed E-state index contributed by atoms with van der Waals surface area (Å²) in [6, 6.07) is 6.07. The van der Waals surface area contributed by atoms with Gasteiger partial charge in [0.1, 0.15) is 5.82 Å². The van der Waals surface area contributed by atoms with E-state index in [1.807, 2.05) is 13.0 Å². The molecule has 0 heterocycles. The average molecular weight is 223 g/mol. The molecule has 0 amide bonds. The maximum Gasteiger partial charge on any atom is 0.124 e. The highest BCUT2D eigenvalue weighted by molar-refractivity contribution is 5.33. The molecule has 1 aromatic rings. The number of hydrogen-bond donors (Lipinski definition) is 0. The van der Waals surface area contributed by atoms with Crippen LogP contribution in [-0.4, -0.2) is 19.8 Å². The molecule has 0 saturated heterocycles. The number of hydrogen-bond acceptors (Lipinski definition) is 3. The van der Waals surface area contributed by atoms with E-state index in [0.29, 0.717) is 17.7 Å².